The van der Waals surface area contributed by atoms with Crippen molar-refractivity contribution in [2.24, 2.45) is 0 Å². The van der Waals surface area contributed by atoms with Crippen LogP contribution in [0.25, 0.3) is 55.6 Å². The van der Waals surface area contributed by atoms with Crippen LogP contribution in [0.1, 0.15) is 102 Å². The van der Waals surface area contributed by atoms with Crippen molar-refractivity contribution in [3.63, 3.8) is 0 Å². The Morgan fingerprint density at radius 2 is 0.791 bits per heavy atom. The molecule has 67 heavy (non-hydrogen) atoms. The first-order chi connectivity index (χ1) is 32.7. The van der Waals surface area contributed by atoms with Crippen LogP contribution in [0.5, 0.6) is 0 Å². The van der Waals surface area contributed by atoms with Gasteiger partial charge in [0.25, 0.3) is 0 Å². The zero-order valence-electron chi connectivity index (χ0n) is 39.1. The third-order valence-corrected chi connectivity index (χ3v) is 17.0. The van der Waals surface area contributed by atoms with Gasteiger partial charge in [0, 0.05) is 27.8 Å². The fourth-order valence-electron chi connectivity index (χ4n) is 13.9. The lowest BCUT2D eigenvalue weighted by Gasteiger charge is -2.35. The monoisotopic (exact) mass is 859 g/mol. The standard InChI is InChI=1S/C66H53N/c1-40-30-31-41-18-6-7-19-44(41)63(40)53-38-52-49-24-12-17-29-58(49)66(56-27-15-10-22-47(56)48-23-11-16-28-57(48)66)61(52)39-62(53)67(42-32-34-50-45-20-8-13-25-54(45)64(2,3)59(50)36-42)43-33-35-51-46-21-9-14-26-55(46)65(4,5)60(51)37-43/h8-17,20-39H,6-7,18-19H2,1-5H3. The average molecular weight is 860 g/mol. The molecule has 0 heterocycles. The molecule has 0 amide bonds. The number of hydrogen-bond donors (Lipinski definition) is 0. The molecule has 0 N–H and O–H groups in total. The number of hydrogen-bond acceptors (Lipinski definition) is 1. The van der Waals surface area contributed by atoms with E-state index in [9.17, 15) is 0 Å². The van der Waals surface area contributed by atoms with E-state index in [0.29, 0.717) is 0 Å². The van der Waals surface area contributed by atoms with Gasteiger partial charge in [0.1, 0.15) is 0 Å². The van der Waals surface area contributed by atoms with E-state index in [4.69, 9.17) is 0 Å². The van der Waals surface area contributed by atoms with E-state index >= 15 is 0 Å². The second kappa shape index (κ2) is 13.7. The number of nitrogens with zero attached hydrogens (tertiary/aromatic N) is 1. The zero-order valence-corrected chi connectivity index (χ0v) is 39.1. The van der Waals surface area contributed by atoms with Gasteiger partial charge in [-0.25, -0.2) is 0 Å². The van der Waals surface area contributed by atoms with Gasteiger partial charge in [0.05, 0.1) is 11.1 Å². The third kappa shape index (κ3) is 5.05. The summed E-state index contributed by atoms with van der Waals surface area (Å²) in [6.07, 6.45) is 4.69. The van der Waals surface area contributed by atoms with Crippen LogP contribution < -0.4 is 4.90 Å². The molecule has 0 fully saturated rings. The first kappa shape index (κ1) is 39.0. The molecular formula is C66H53N. The average Bonchev–Trinajstić information content (AvgIpc) is 3.99. The summed E-state index contributed by atoms with van der Waals surface area (Å²) in [5, 5.41) is 0. The summed E-state index contributed by atoms with van der Waals surface area (Å²) in [4.78, 5) is 2.67. The maximum absolute atomic E-state index is 2.67. The highest BCUT2D eigenvalue weighted by molar-refractivity contribution is 6.01. The van der Waals surface area contributed by atoms with E-state index in [2.05, 4.69) is 222 Å². The minimum atomic E-state index is -0.480. The molecule has 5 aliphatic rings. The number of fused-ring (bicyclic) bond motifs is 17. The van der Waals surface area contributed by atoms with Gasteiger partial charge < -0.3 is 4.90 Å². The molecule has 0 saturated heterocycles. The lowest BCUT2D eigenvalue weighted by Crippen LogP contribution is -2.26. The van der Waals surface area contributed by atoms with Crippen LogP contribution in [-0.4, -0.2) is 0 Å². The summed E-state index contributed by atoms with van der Waals surface area (Å²) < 4.78 is 0. The molecule has 1 spiro atoms. The minimum Gasteiger partial charge on any atom is -0.310 e. The summed E-state index contributed by atoms with van der Waals surface area (Å²) in [6.45, 7) is 12.0. The van der Waals surface area contributed by atoms with E-state index in [1.54, 1.807) is 0 Å². The highest BCUT2D eigenvalue weighted by Crippen LogP contribution is 2.65. The molecule has 0 unspecified atom stereocenters. The van der Waals surface area contributed by atoms with Gasteiger partial charge in [0.15, 0.2) is 0 Å². The van der Waals surface area contributed by atoms with Gasteiger partial charge in [0.2, 0.25) is 0 Å². The lowest BCUT2D eigenvalue weighted by atomic mass is 9.70. The molecular weight excluding hydrogens is 807 g/mol. The van der Waals surface area contributed by atoms with Crippen LogP contribution in [0.4, 0.5) is 17.1 Å². The quantitative estimate of drug-likeness (QED) is 0.170. The van der Waals surface area contributed by atoms with Crippen LogP contribution in [0.15, 0.2) is 182 Å². The van der Waals surface area contributed by atoms with Crippen molar-refractivity contribution in [1.29, 1.82) is 0 Å². The molecule has 14 rings (SSSR count). The van der Waals surface area contributed by atoms with Crippen molar-refractivity contribution in [2.75, 3.05) is 4.90 Å². The van der Waals surface area contributed by atoms with Gasteiger partial charge >= 0.3 is 0 Å². The normalized spacial score (nSPS) is 16.3. The second-order valence-corrected chi connectivity index (χ2v) is 21.0. The molecule has 0 aromatic heterocycles. The smallest absolute Gasteiger partial charge is 0.0726 e. The van der Waals surface area contributed by atoms with Gasteiger partial charge in [-0.15, -0.1) is 0 Å². The fourth-order valence-corrected chi connectivity index (χ4v) is 13.9. The molecule has 0 bridgehead atoms. The van der Waals surface area contributed by atoms with Crippen LogP contribution in [0, 0.1) is 6.92 Å². The van der Waals surface area contributed by atoms with Crippen LogP contribution in [0.2, 0.25) is 0 Å². The van der Waals surface area contributed by atoms with Crippen LogP contribution in [0.3, 0.4) is 0 Å². The van der Waals surface area contributed by atoms with Gasteiger partial charge in [-0.1, -0.05) is 173 Å². The topological polar surface area (TPSA) is 3.24 Å². The van der Waals surface area contributed by atoms with E-state index in [1.807, 2.05) is 0 Å². The lowest BCUT2D eigenvalue weighted by molar-refractivity contribution is 0.660. The molecule has 1 heteroatoms. The van der Waals surface area contributed by atoms with E-state index in [1.165, 1.54) is 147 Å². The van der Waals surface area contributed by atoms with E-state index in [0.717, 1.165) is 12.8 Å². The molecule has 0 atom stereocenters. The van der Waals surface area contributed by atoms with Crippen LogP contribution >= 0.6 is 0 Å². The first-order valence-electron chi connectivity index (χ1n) is 24.6. The summed E-state index contributed by atoms with van der Waals surface area (Å²) in [5.74, 6) is 0. The predicted molar refractivity (Wildman–Crippen MR) is 279 cm³/mol. The Kier molecular flexibility index (Phi) is 7.96. The largest absolute Gasteiger partial charge is 0.310 e. The highest BCUT2D eigenvalue weighted by Gasteiger charge is 2.52. The first-order valence-corrected chi connectivity index (χ1v) is 24.6. The van der Waals surface area contributed by atoms with Crippen LogP contribution in [-0.2, 0) is 29.1 Å². The number of benzene rings is 9. The Balaban J connectivity index is 1.12. The molecule has 322 valence electrons. The zero-order chi connectivity index (χ0) is 45.0. The van der Waals surface area contributed by atoms with Crippen molar-refractivity contribution in [1.82, 2.24) is 0 Å². The minimum absolute atomic E-state index is 0.159. The van der Waals surface area contributed by atoms with Crippen molar-refractivity contribution in [3.8, 4) is 55.6 Å². The number of rotatable bonds is 4. The Hall–Kier alpha value is -7.22. The Labute approximate surface area is 395 Å². The number of anilines is 3. The Morgan fingerprint density at radius 3 is 1.31 bits per heavy atom. The second-order valence-electron chi connectivity index (χ2n) is 21.0. The Bertz CT molecular complexity index is 3460. The molecule has 9 aromatic carbocycles. The molecule has 5 aliphatic carbocycles. The SMILES string of the molecule is Cc1ccc2c(c1-c1cc3c(cc1N(c1ccc4c(c1)C(C)(C)c1ccccc1-4)c1ccc4c(c1)C(C)(C)c1ccccc1-4)C1(c4ccccc4-c4ccccc41)c1ccccc1-3)CCCC2. The van der Waals surface area contributed by atoms with Gasteiger partial charge in [-0.3, -0.25) is 0 Å². The summed E-state index contributed by atoms with van der Waals surface area (Å²) in [6, 6.07) is 70.7. The molecule has 0 radical (unpaired) electrons. The van der Waals surface area contributed by atoms with Crippen molar-refractivity contribution >= 4 is 17.1 Å². The molecule has 0 saturated carbocycles. The van der Waals surface area contributed by atoms with Crippen molar-refractivity contribution in [2.45, 2.75) is 76.5 Å². The highest BCUT2D eigenvalue weighted by atomic mass is 15.1. The molecule has 9 aromatic rings. The van der Waals surface area contributed by atoms with Crippen molar-refractivity contribution < 1.29 is 0 Å². The van der Waals surface area contributed by atoms with E-state index in [-0.39, 0.29) is 10.8 Å². The number of aryl methyl sites for hydroxylation is 2. The molecule has 1 nitrogen and oxygen atoms in total. The summed E-state index contributed by atoms with van der Waals surface area (Å²) >= 11 is 0. The molecule has 0 aliphatic heterocycles. The van der Waals surface area contributed by atoms with Gasteiger partial charge in [-0.2, -0.15) is 0 Å². The summed E-state index contributed by atoms with van der Waals surface area (Å²) in [5.41, 5.74) is 31.6. The van der Waals surface area contributed by atoms with Crippen molar-refractivity contribution in [3.05, 3.63) is 243 Å². The summed E-state index contributed by atoms with van der Waals surface area (Å²) in [7, 11) is 0. The third-order valence-electron chi connectivity index (χ3n) is 17.0. The fraction of sp³-hybridized carbons (Fsp3) is 0.182. The van der Waals surface area contributed by atoms with E-state index < -0.39 is 5.41 Å². The maximum atomic E-state index is 2.67. The maximum Gasteiger partial charge on any atom is 0.0726 e. The Morgan fingerprint density at radius 1 is 0.358 bits per heavy atom. The predicted octanol–water partition coefficient (Wildman–Crippen LogP) is 17.0. The van der Waals surface area contributed by atoms with Gasteiger partial charge in [-0.05, 0) is 180 Å².